The molecule has 0 aromatic heterocycles. The van der Waals surface area contributed by atoms with Crippen LogP contribution in [0.15, 0.2) is 29.0 Å². The van der Waals surface area contributed by atoms with Crippen molar-refractivity contribution in [2.24, 2.45) is 4.99 Å². The van der Waals surface area contributed by atoms with Crippen LogP contribution < -0.4 is 0 Å². The van der Waals surface area contributed by atoms with E-state index in [9.17, 15) is 9.59 Å². The number of ketones is 1. The van der Waals surface area contributed by atoms with Gasteiger partial charge in [0.05, 0.1) is 12.3 Å². The number of fused-ring (bicyclic) bond motifs is 1. The highest BCUT2D eigenvalue weighted by Crippen LogP contribution is 2.16. The van der Waals surface area contributed by atoms with Gasteiger partial charge in [-0.1, -0.05) is 0 Å². The normalized spacial score (nSPS) is 20.6. The van der Waals surface area contributed by atoms with E-state index in [1.165, 1.54) is 4.90 Å². The molecule has 4 nitrogen and oxygen atoms in total. The monoisotopic (exact) mass is 176 g/mol. The number of aliphatic imine (C=N–C) groups is 1. The van der Waals surface area contributed by atoms with Gasteiger partial charge in [-0.2, -0.15) is 0 Å². The Morgan fingerprint density at radius 1 is 1.54 bits per heavy atom. The molecule has 0 atom stereocenters. The predicted molar refractivity (Wildman–Crippen MR) is 47.1 cm³/mol. The second-order valence-corrected chi connectivity index (χ2v) is 2.94. The lowest BCUT2D eigenvalue weighted by atomic mass is 10.0. The Morgan fingerprint density at radius 3 is 3.15 bits per heavy atom. The van der Waals surface area contributed by atoms with E-state index in [-0.39, 0.29) is 12.3 Å². The van der Waals surface area contributed by atoms with Gasteiger partial charge in [0.2, 0.25) is 6.41 Å². The van der Waals surface area contributed by atoms with E-state index in [1.54, 1.807) is 18.5 Å². The maximum absolute atomic E-state index is 11.0. The number of allylic oxidation sites excluding steroid dienone is 2. The summed E-state index contributed by atoms with van der Waals surface area (Å²) in [6, 6.07) is 0. The van der Waals surface area contributed by atoms with Gasteiger partial charge in [-0.05, 0) is 6.08 Å². The van der Waals surface area contributed by atoms with Crippen molar-refractivity contribution in [2.75, 3.05) is 6.54 Å². The van der Waals surface area contributed by atoms with Gasteiger partial charge in [-0.25, -0.2) is 0 Å². The fraction of sp³-hybridized carbons (Fsp3) is 0.222. The van der Waals surface area contributed by atoms with Gasteiger partial charge in [0.25, 0.3) is 0 Å². The molecule has 0 aliphatic carbocycles. The van der Waals surface area contributed by atoms with E-state index in [2.05, 4.69) is 4.99 Å². The number of nitrogens with zero attached hydrogens (tertiary/aromatic N) is 2. The van der Waals surface area contributed by atoms with Crippen LogP contribution in [0.4, 0.5) is 0 Å². The van der Waals surface area contributed by atoms with Gasteiger partial charge in [-0.3, -0.25) is 19.5 Å². The quantitative estimate of drug-likeness (QED) is 0.538. The SMILES string of the molecule is O=CN1C=CC2=NCC(=O)CC2=C1. The lowest BCUT2D eigenvalue weighted by Gasteiger charge is -2.19. The third-order valence-corrected chi connectivity index (χ3v) is 1.97. The molecule has 1 amide bonds. The van der Waals surface area contributed by atoms with Gasteiger partial charge in [0, 0.05) is 24.4 Å². The summed E-state index contributed by atoms with van der Waals surface area (Å²) in [6.07, 6.45) is 6.09. The van der Waals surface area contributed by atoms with Gasteiger partial charge < -0.3 is 0 Å². The summed E-state index contributed by atoms with van der Waals surface area (Å²) < 4.78 is 0. The molecule has 0 radical (unpaired) electrons. The first kappa shape index (κ1) is 7.91. The van der Waals surface area contributed by atoms with Crippen LogP contribution in [0, 0.1) is 0 Å². The van der Waals surface area contributed by atoms with Crippen LogP contribution in [0.1, 0.15) is 6.42 Å². The Labute approximate surface area is 75.2 Å². The average Bonchev–Trinajstić information content (AvgIpc) is 2.16. The van der Waals surface area contributed by atoms with Gasteiger partial charge in [0.15, 0.2) is 5.78 Å². The topological polar surface area (TPSA) is 49.7 Å². The zero-order chi connectivity index (χ0) is 9.26. The molecular weight excluding hydrogens is 168 g/mol. The molecule has 2 rings (SSSR count). The van der Waals surface area contributed by atoms with Crippen molar-refractivity contribution >= 4 is 17.9 Å². The zero-order valence-electron chi connectivity index (χ0n) is 6.93. The Hall–Kier alpha value is -1.71. The van der Waals surface area contributed by atoms with Crippen LogP contribution in [-0.4, -0.2) is 29.3 Å². The molecule has 0 saturated carbocycles. The van der Waals surface area contributed by atoms with Crippen LogP contribution in [0.3, 0.4) is 0 Å². The molecule has 0 bridgehead atoms. The lowest BCUT2D eigenvalue weighted by Crippen LogP contribution is -2.23. The Balaban J connectivity index is 2.33. The molecule has 2 aliphatic rings. The highest BCUT2D eigenvalue weighted by molar-refractivity contribution is 6.14. The Bertz CT molecular complexity index is 353. The van der Waals surface area contributed by atoms with Gasteiger partial charge in [0.1, 0.15) is 0 Å². The van der Waals surface area contributed by atoms with E-state index in [4.69, 9.17) is 0 Å². The summed E-state index contributed by atoms with van der Waals surface area (Å²) in [5, 5.41) is 0. The van der Waals surface area contributed by atoms with E-state index in [0.29, 0.717) is 12.8 Å². The van der Waals surface area contributed by atoms with Crippen LogP contribution in [-0.2, 0) is 9.59 Å². The second-order valence-electron chi connectivity index (χ2n) is 2.94. The molecule has 0 fully saturated rings. The highest BCUT2D eigenvalue weighted by atomic mass is 16.1. The predicted octanol–water partition coefficient (Wildman–Crippen LogP) is 0.270. The molecule has 0 N–H and O–H groups in total. The van der Waals surface area contributed by atoms with Crippen LogP contribution >= 0.6 is 0 Å². The zero-order valence-corrected chi connectivity index (χ0v) is 6.93. The smallest absolute Gasteiger partial charge is 0.217 e. The molecule has 0 saturated heterocycles. The molecule has 13 heavy (non-hydrogen) atoms. The number of Topliss-reactive ketones (excluding diaryl/α,β-unsaturated/α-hetero) is 1. The van der Waals surface area contributed by atoms with Crippen LogP contribution in [0.25, 0.3) is 0 Å². The molecule has 2 aliphatic heterocycles. The lowest BCUT2D eigenvalue weighted by molar-refractivity contribution is -0.117. The van der Waals surface area contributed by atoms with Gasteiger partial charge in [-0.15, -0.1) is 0 Å². The minimum Gasteiger partial charge on any atom is -0.297 e. The molecule has 2 heterocycles. The number of hydrogen-bond acceptors (Lipinski definition) is 3. The first-order valence-corrected chi connectivity index (χ1v) is 3.98. The van der Waals surface area contributed by atoms with Crippen molar-refractivity contribution in [3.05, 3.63) is 24.0 Å². The minimum absolute atomic E-state index is 0.0937. The molecular formula is C9H8N2O2. The van der Waals surface area contributed by atoms with E-state index < -0.39 is 0 Å². The Kier molecular flexibility index (Phi) is 1.81. The fourth-order valence-electron chi connectivity index (χ4n) is 1.35. The minimum atomic E-state index is 0.0937. The summed E-state index contributed by atoms with van der Waals surface area (Å²) in [4.78, 5) is 26.9. The summed E-state index contributed by atoms with van der Waals surface area (Å²) in [5.74, 6) is 0.0937. The highest BCUT2D eigenvalue weighted by Gasteiger charge is 2.18. The third kappa shape index (κ3) is 1.42. The largest absolute Gasteiger partial charge is 0.297 e. The standard InChI is InChI=1S/C9H8N2O2/c12-6-11-2-1-9-7(5-11)3-8(13)4-10-9/h1-2,5-6H,3-4H2. The van der Waals surface area contributed by atoms with Crippen molar-refractivity contribution in [3.8, 4) is 0 Å². The third-order valence-electron chi connectivity index (χ3n) is 1.97. The van der Waals surface area contributed by atoms with Crippen molar-refractivity contribution in [1.29, 1.82) is 0 Å². The molecule has 0 unspecified atom stereocenters. The van der Waals surface area contributed by atoms with Crippen molar-refractivity contribution in [2.45, 2.75) is 6.42 Å². The summed E-state index contributed by atoms with van der Waals surface area (Å²) in [7, 11) is 0. The van der Waals surface area contributed by atoms with Crippen molar-refractivity contribution in [1.82, 2.24) is 4.90 Å². The Morgan fingerprint density at radius 2 is 2.38 bits per heavy atom. The number of hydrogen-bond donors (Lipinski definition) is 0. The first-order valence-electron chi connectivity index (χ1n) is 3.98. The molecule has 4 heteroatoms. The molecule has 0 aromatic rings. The van der Waals surface area contributed by atoms with E-state index >= 15 is 0 Å². The first-order chi connectivity index (χ1) is 6.29. The number of carbonyl (C=O) groups excluding carboxylic acids is 2. The number of rotatable bonds is 1. The molecule has 0 spiro atoms. The summed E-state index contributed by atoms with van der Waals surface area (Å²) in [6.45, 7) is 0.262. The maximum Gasteiger partial charge on any atom is 0.217 e. The molecule has 0 aromatic carbocycles. The van der Waals surface area contributed by atoms with Crippen LogP contribution in [0.5, 0.6) is 0 Å². The van der Waals surface area contributed by atoms with Crippen LogP contribution in [0.2, 0.25) is 0 Å². The molecule has 66 valence electrons. The van der Waals surface area contributed by atoms with Crippen molar-refractivity contribution < 1.29 is 9.59 Å². The van der Waals surface area contributed by atoms with E-state index in [0.717, 1.165) is 11.3 Å². The fourth-order valence-corrected chi connectivity index (χ4v) is 1.35. The number of amides is 1. The second kappa shape index (κ2) is 2.97. The van der Waals surface area contributed by atoms with Gasteiger partial charge >= 0.3 is 0 Å². The average molecular weight is 176 g/mol. The van der Waals surface area contributed by atoms with E-state index in [1.807, 2.05) is 0 Å². The number of carbonyl (C=O) groups is 2. The van der Waals surface area contributed by atoms with Crippen molar-refractivity contribution in [3.63, 3.8) is 0 Å². The maximum atomic E-state index is 11.0. The summed E-state index contributed by atoms with van der Waals surface area (Å²) >= 11 is 0. The summed E-state index contributed by atoms with van der Waals surface area (Å²) in [5.41, 5.74) is 1.64.